The lowest BCUT2D eigenvalue weighted by Gasteiger charge is -2.08. The van der Waals surface area contributed by atoms with E-state index in [4.69, 9.17) is 16.3 Å². The Kier molecular flexibility index (Phi) is 4.75. The smallest absolute Gasteiger partial charge is 0.269 e. The zero-order chi connectivity index (χ0) is 15.4. The molecule has 0 radical (unpaired) electrons. The quantitative estimate of drug-likeness (QED) is 0.794. The van der Waals surface area contributed by atoms with Crippen molar-refractivity contribution in [2.75, 3.05) is 7.11 Å². The summed E-state index contributed by atoms with van der Waals surface area (Å²) in [5.74, 6) is 0.709. The summed E-state index contributed by atoms with van der Waals surface area (Å²) in [6.45, 7) is 0. The van der Waals surface area contributed by atoms with Gasteiger partial charge in [-0.2, -0.15) is 5.10 Å². The van der Waals surface area contributed by atoms with E-state index in [0.717, 1.165) is 5.56 Å². The highest BCUT2D eigenvalue weighted by Gasteiger charge is 2.10. The number of carbonyl (C=O) groups excluding carboxylic acids is 1. The summed E-state index contributed by atoms with van der Waals surface area (Å²) in [5.41, 5.74) is 1.77. The summed E-state index contributed by atoms with van der Waals surface area (Å²) >= 11 is 5.34. The van der Waals surface area contributed by atoms with E-state index in [0.29, 0.717) is 23.4 Å². The molecule has 1 aromatic heterocycles. The summed E-state index contributed by atoms with van der Waals surface area (Å²) in [6.07, 6.45) is 0.423. The molecule has 0 N–H and O–H groups in total. The number of hydrogen-bond donors (Lipinski definition) is 0. The van der Waals surface area contributed by atoms with Crippen LogP contribution >= 0.6 is 11.6 Å². The monoisotopic (exact) mass is 306 g/mol. The summed E-state index contributed by atoms with van der Waals surface area (Å²) in [7, 11) is 3.17. The number of methoxy groups -OCH3 is 1. The van der Waals surface area contributed by atoms with Gasteiger partial charge in [0.05, 0.1) is 12.8 Å². The first-order valence-electron chi connectivity index (χ1n) is 6.41. The van der Waals surface area contributed by atoms with Crippen molar-refractivity contribution in [1.82, 2.24) is 9.78 Å². The average Bonchev–Trinajstić information content (AvgIpc) is 2.48. The molecule has 6 heteroatoms. The van der Waals surface area contributed by atoms with E-state index in [1.807, 2.05) is 24.3 Å². The van der Waals surface area contributed by atoms with E-state index in [9.17, 15) is 9.59 Å². The minimum Gasteiger partial charge on any atom is -0.497 e. The molecule has 0 saturated carbocycles. The fourth-order valence-electron chi connectivity index (χ4n) is 2.01. The molecule has 2 aromatic rings. The Bertz CT molecular complexity index is 725. The van der Waals surface area contributed by atoms with Crippen molar-refractivity contribution < 1.29 is 9.53 Å². The van der Waals surface area contributed by atoms with Crippen LogP contribution in [-0.4, -0.2) is 22.1 Å². The predicted molar refractivity (Wildman–Crippen MR) is 80.6 cm³/mol. The van der Waals surface area contributed by atoms with Crippen LogP contribution in [0.25, 0.3) is 11.3 Å². The standard InChI is InChI=1S/C15H15ClN2O3/c1-18-15(20)11(6-7-14(16)19)9-13(17-18)10-4-3-5-12(8-10)21-2/h3-5,8-9H,6-7H2,1-2H3. The van der Waals surface area contributed by atoms with Crippen LogP contribution in [0.4, 0.5) is 0 Å². The van der Waals surface area contributed by atoms with Gasteiger partial charge in [0.2, 0.25) is 5.24 Å². The molecule has 0 fully saturated rings. The molecule has 1 heterocycles. The molecule has 21 heavy (non-hydrogen) atoms. The number of carbonyl (C=O) groups is 1. The summed E-state index contributed by atoms with van der Waals surface area (Å²) < 4.78 is 6.45. The number of rotatable bonds is 5. The first kappa shape index (κ1) is 15.3. The van der Waals surface area contributed by atoms with E-state index in [1.54, 1.807) is 20.2 Å². The van der Waals surface area contributed by atoms with E-state index in [1.165, 1.54) is 4.68 Å². The van der Waals surface area contributed by atoms with E-state index < -0.39 is 5.24 Å². The number of hydrogen-bond acceptors (Lipinski definition) is 4. The molecule has 0 saturated heterocycles. The van der Waals surface area contributed by atoms with Gasteiger partial charge in [-0.3, -0.25) is 9.59 Å². The van der Waals surface area contributed by atoms with E-state index in [2.05, 4.69) is 5.10 Å². The van der Waals surface area contributed by atoms with Crippen molar-refractivity contribution in [2.24, 2.45) is 7.05 Å². The van der Waals surface area contributed by atoms with Gasteiger partial charge >= 0.3 is 0 Å². The van der Waals surface area contributed by atoms with Gasteiger partial charge in [-0.15, -0.1) is 0 Å². The Labute approximate surface area is 127 Å². The molecule has 0 aliphatic carbocycles. The molecule has 110 valence electrons. The Morgan fingerprint density at radius 1 is 1.38 bits per heavy atom. The number of nitrogens with zero attached hydrogens (tertiary/aromatic N) is 2. The maximum Gasteiger partial charge on any atom is 0.269 e. The van der Waals surface area contributed by atoms with Crippen molar-refractivity contribution in [3.63, 3.8) is 0 Å². The lowest BCUT2D eigenvalue weighted by Crippen LogP contribution is -2.24. The summed E-state index contributed by atoms with van der Waals surface area (Å²) in [4.78, 5) is 22.9. The maximum atomic E-state index is 12.0. The van der Waals surface area contributed by atoms with Crippen LogP contribution in [0, 0.1) is 0 Å². The fourth-order valence-corrected chi connectivity index (χ4v) is 2.10. The predicted octanol–water partition coefficient (Wildman–Crippen LogP) is 2.15. The first-order chi connectivity index (χ1) is 10.0. The second-order valence-corrected chi connectivity index (χ2v) is 4.99. The van der Waals surface area contributed by atoms with Crippen LogP contribution in [0.2, 0.25) is 0 Å². The molecule has 5 nitrogen and oxygen atoms in total. The zero-order valence-electron chi connectivity index (χ0n) is 11.8. The maximum absolute atomic E-state index is 12.0. The molecule has 0 unspecified atom stereocenters. The van der Waals surface area contributed by atoms with Gasteiger partial charge in [0.1, 0.15) is 5.75 Å². The van der Waals surface area contributed by atoms with Gasteiger partial charge in [-0.05, 0) is 36.2 Å². The molecule has 0 aliphatic rings. The van der Waals surface area contributed by atoms with Crippen LogP contribution in [0.15, 0.2) is 35.1 Å². The molecule has 1 aromatic carbocycles. The van der Waals surface area contributed by atoms with E-state index >= 15 is 0 Å². The average molecular weight is 307 g/mol. The third-order valence-corrected chi connectivity index (χ3v) is 3.28. The van der Waals surface area contributed by atoms with Crippen LogP contribution in [0.5, 0.6) is 5.75 Å². The molecule has 0 spiro atoms. The molecular weight excluding hydrogens is 292 g/mol. The SMILES string of the molecule is COc1cccc(-c2cc(CCC(=O)Cl)c(=O)n(C)n2)c1. The Morgan fingerprint density at radius 3 is 2.81 bits per heavy atom. The lowest BCUT2D eigenvalue weighted by molar-refractivity contribution is -0.111. The summed E-state index contributed by atoms with van der Waals surface area (Å²) in [5, 5.41) is 3.78. The number of ether oxygens (including phenoxy) is 1. The Balaban J connectivity index is 2.44. The van der Waals surface area contributed by atoms with Gasteiger partial charge in [0, 0.05) is 24.6 Å². The second-order valence-electron chi connectivity index (χ2n) is 4.57. The van der Waals surface area contributed by atoms with Gasteiger partial charge in [0.25, 0.3) is 5.56 Å². The third kappa shape index (κ3) is 3.70. The largest absolute Gasteiger partial charge is 0.497 e. The van der Waals surface area contributed by atoms with Gasteiger partial charge in [0.15, 0.2) is 0 Å². The van der Waals surface area contributed by atoms with Crippen LogP contribution in [0.3, 0.4) is 0 Å². The molecule has 0 amide bonds. The summed E-state index contributed by atoms with van der Waals surface area (Å²) in [6, 6.07) is 9.09. The van der Waals surface area contributed by atoms with Crippen molar-refractivity contribution >= 4 is 16.8 Å². The minimum atomic E-state index is -0.461. The highest BCUT2D eigenvalue weighted by Crippen LogP contribution is 2.22. The minimum absolute atomic E-state index is 0.123. The number of benzene rings is 1. The Hall–Kier alpha value is -2.14. The van der Waals surface area contributed by atoms with Crippen LogP contribution in [-0.2, 0) is 18.3 Å². The van der Waals surface area contributed by atoms with E-state index in [-0.39, 0.29) is 12.0 Å². The topological polar surface area (TPSA) is 61.2 Å². The van der Waals surface area contributed by atoms with Crippen LogP contribution in [0.1, 0.15) is 12.0 Å². The highest BCUT2D eigenvalue weighted by molar-refractivity contribution is 6.63. The van der Waals surface area contributed by atoms with Crippen molar-refractivity contribution in [2.45, 2.75) is 12.8 Å². The first-order valence-corrected chi connectivity index (χ1v) is 6.79. The third-order valence-electron chi connectivity index (χ3n) is 3.09. The fraction of sp³-hybridized carbons (Fsp3) is 0.267. The molecule has 0 atom stereocenters. The number of halogens is 1. The lowest BCUT2D eigenvalue weighted by atomic mass is 10.1. The van der Waals surface area contributed by atoms with Gasteiger partial charge in [-0.1, -0.05) is 12.1 Å². The molecular formula is C15H15ClN2O3. The number of aryl methyl sites for hydroxylation is 2. The van der Waals surface area contributed by atoms with Crippen molar-refractivity contribution in [3.05, 3.63) is 46.2 Å². The molecule has 2 rings (SSSR count). The van der Waals surface area contributed by atoms with Crippen molar-refractivity contribution in [3.8, 4) is 17.0 Å². The molecule has 0 bridgehead atoms. The number of aromatic nitrogens is 2. The highest BCUT2D eigenvalue weighted by atomic mass is 35.5. The van der Waals surface area contributed by atoms with Crippen LogP contribution < -0.4 is 10.3 Å². The zero-order valence-corrected chi connectivity index (χ0v) is 12.6. The molecule has 0 aliphatic heterocycles. The normalized spacial score (nSPS) is 10.4. The van der Waals surface area contributed by atoms with Gasteiger partial charge in [-0.25, -0.2) is 4.68 Å². The second kappa shape index (κ2) is 6.54. The van der Waals surface area contributed by atoms with Gasteiger partial charge < -0.3 is 4.74 Å². The van der Waals surface area contributed by atoms with Crippen molar-refractivity contribution in [1.29, 1.82) is 0 Å². The Morgan fingerprint density at radius 2 is 2.14 bits per heavy atom.